The highest BCUT2D eigenvalue weighted by molar-refractivity contribution is 6.16. The van der Waals surface area contributed by atoms with Gasteiger partial charge >= 0.3 is 0 Å². The van der Waals surface area contributed by atoms with Crippen molar-refractivity contribution in [2.75, 3.05) is 0 Å². The van der Waals surface area contributed by atoms with E-state index in [1.54, 1.807) is 0 Å². The normalized spacial score (nSPS) is 10.4. The van der Waals surface area contributed by atoms with Gasteiger partial charge in [0.1, 0.15) is 0 Å². The average Bonchev–Trinajstić information content (AvgIpc) is 2.28. The van der Waals surface area contributed by atoms with Gasteiger partial charge in [0.2, 0.25) is 0 Å². The molecule has 0 atom stereocenters. The summed E-state index contributed by atoms with van der Waals surface area (Å²) in [5.41, 5.74) is 5.58. The van der Waals surface area contributed by atoms with E-state index in [0.717, 1.165) is 17.0 Å². The molecule has 1 aromatic carbocycles. The Bertz CT molecular complexity index is 486. The zero-order valence-electron chi connectivity index (χ0n) is 9.50. The van der Waals surface area contributed by atoms with Gasteiger partial charge < -0.3 is 0 Å². The zero-order valence-corrected chi connectivity index (χ0v) is 10.3. The number of rotatable bonds is 2. The summed E-state index contributed by atoms with van der Waals surface area (Å²) in [6.45, 7) is 4.20. The Morgan fingerprint density at radius 1 is 1.06 bits per heavy atom. The van der Waals surface area contributed by atoms with Crippen molar-refractivity contribution >= 4 is 11.6 Å². The first-order valence-electron chi connectivity index (χ1n) is 5.29. The molecule has 2 aromatic rings. The first-order valence-corrected chi connectivity index (χ1v) is 5.83. The van der Waals surface area contributed by atoms with Gasteiger partial charge in [-0.1, -0.05) is 23.3 Å². The highest BCUT2D eigenvalue weighted by Gasteiger charge is 2.02. The van der Waals surface area contributed by atoms with Crippen molar-refractivity contribution in [3.8, 4) is 11.3 Å². The molecular formula is C14H14ClN. The minimum atomic E-state index is 0.457. The minimum Gasteiger partial charge on any atom is -0.252 e. The SMILES string of the molecule is Cc1cc(C)cc(-c2cccc(CCl)n2)c1. The van der Waals surface area contributed by atoms with Gasteiger partial charge in [0.25, 0.3) is 0 Å². The van der Waals surface area contributed by atoms with Crippen LogP contribution in [-0.2, 0) is 5.88 Å². The molecule has 0 fully saturated rings. The van der Waals surface area contributed by atoms with Gasteiger partial charge in [-0.15, -0.1) is 11.6 Å². The van der Waals surface area contributed by atoms with Crippen LogP contribution in [0.15, 0.2) is 36.4 Å². The van der Waals surface area contributed by atoms with Crippen LogP contribution < -0.4 is 0 Å². The number of aryl methyl sites for hydroxylation is 2. The number of hydrogen-bond acceptors (Lipinski definition) is 1. The number of benzene rings is 1. The lowest BCUT2D eigenvalue weighted by atomic mass is 10.0. The summed E-state index contributed by atoms with van der Waals surface area (Å²) in [6, 6.07) is 12.4. The second-order valence-electron chi connectivity index (χ2n) is 4.02. The first kappa shape index (κ1) is 11.2. The Hall–Kier alpha value is -1.34. The van der Waals surface area contributed by atoms with Crippen LogP contribution in [0.2, 0.25) is 0 Å². The molecule has 82 valence electrons. The van der Waals surface area contributed by atoms with Crippen LogP contribution in [0.25, 0.3) is 11.3 Å². The summed E-state index contributed by atoms with van der Waals surface area (Å²) in [5, 5.41) is 0. The van der Waals surface area contributed by atoms with E-state index in [2.05, 4.69) is 37.0 Å². The Kier molecular flexibility index (Phi) is 3.25. The average molecular weight is 232 g/mol. The summed E-state index contributed by atoms with van der Waals surface area (Å²) in [4.78, 5) is 4.51. The largest absolute Gasteiger partial charge is 0.252 e. The maximum absolute atomic E-state index is 5.79. The molecule has 1 aromatic heterocycles. The summed E-state index contributed by atoms with van der Waals surface area (Å²) < 4.78 is 0. The number of nitrogens with zero attached hydrogens (tertiary/aromatic N) is 1. The number of aromatic nitrogens is 1. The Balaban J connectivity index is 2.49. The van der Waals surface area contributed by atoms with Crippen molar-refractivity contribution in [1.29, 1.82) is 0 Å². The molecule has 1 nitrogen and oxygen atoms in total. The van der Waals surface area contributed by atoms with Crippen LogP contribution >= 0.6 is 11.6 Å². The van der Waals surface area contributed by atoms with Gasteiger partial charge in [0, 0.05) is 5.56 Å². The lowest BCUT2D eigenvalue weighted by Crippen LogP contribution is -1.90. The van der Waals surface area contributed by atoms with Gasteiger partial charge in [0.15, 0.2) is 0 Å². The third kappa shape index (κ3) is 2.42. The van der Waals surface area contributed by atoms with E-state index in [1.165, 1.54) is 11.1 Å². The maximum Gasteiger partial charge on any atom is 0.0706 e. The molecule has 0 amide bonds. The summed E-state index contributed by atoms with van der Waals surface area (Å²) in [6.07, 6.45) is 0. The van der Waals surface area contributed by atoms with E-state index in [0.29, 0.717) is 5.88 Å². The summed E-state index contributed by atoms with van der Waals surface area (Å²) in [5.74, 6) is 0.457. The fourth-order valence-electron chi connectivity index (χ4n) is 1.84. The molecule has 0 saturated carbocycles. The van der Waals surface area contributed by atoms with Crippen molar-refractivity contribution in [1.82, 2.24) is 4.98 Å². The zero-order chi connectivity index (χ0) is 11.5. The van der Waals surface area contributed by atoms with Gasteiger partial charge in [-0.2, -0.15) is 0 Å². The van der Waals surface area contributed by atoms with Gasteiger partial charge in [-0.25, -0.2) is 0 Å². The smallest absolute Gasteiger partial charge is 0.0706 e. The van der Waals surface area contributed by atoms with E-state index in [4.69, 9.17) is 11.6 Å². The lowest BCUT2D eigenvalue weighted by molar-refractivity contribution is 1.17. The third-order valence-electron chi connectivity index (χ3n) is 2.46. The molecule has 0 unspecified atom stereocenters. The van der Waals surface area contributed by atoms with Gasteiger partial charge in [-0.3, -0.25) is 4.98 Å². The predicted octanol–water partition coefficient (Wildman–Crippen LogP) is 4.10. The molecule has 0 aliphatic carbocycles. The van der Waals surface area contributed by atoms with Crippen LogP contribution in [0.1, 0.15) is 16.8 Å². The predicted molar refractivity (Wildman–Crippen MR) is 68.7 cm³/mol. The third-order valence-corrected chi connectivity index (χ3v) is 2.73. The summed E-state index contributed by atoms with van der Waals surface area (Å²) >= 11 is 5.79. The molecule has 0 bridgehead atoms. The molecular weight excluding hydrogens is 218 g/mol. The van der Waals surface area contributed by atoms with E-state index in [9.17, 15) is 0 Å². The molecule has 0 radical (unpaired) electrons. The van der Waals surface area contributed by atoms with Crippen molar-refractivity contribution in [3.05, 3.63) is 53.2 Å². The standard InChI is InChI=1S/C14H14ClN/c1-10-6-11(2)8-12(7-10)14-5-3-4-13(9-15)16-14/h3-8H,9H2,1-2H3. The van der Waals surface area contributed by atoms with Crippen LogP contribution in [-0.4, -0.2) is 4.98 Å². The Labute approximate surface area is 101 Å². The molecule has 0 saturated heterocycles. The molecule has 0 aliphatic rings. The van der Waals surface area contributed by atoms with Crippen LogP contribution in [0.4, 0.5) is 0 Å². The van der Waals surface area contributed by atoms with E-state index < -0.39 is 0 Å². The quantitative estimate of drug-likeness (QED) is 0.709. The molecule has 0 N–H and O–H groups in total. The Morgan fingerprint density at radius 2 is 1.75 bits per heavy atom. The molecule has 2 heteroatoms. The lowest BCUT2D eigenvalue weighted by Gasteiger charge is -2.05. The van der Waals surface area contributed by atoms with E-state index in [1.807, 2.05) is 18.2 Å². The van der Waals surface area contributed by atoms with Crippen molar-refractivity contribution in [2.24, 2.45) is 0 Å². The van der Waals surface area contributed by atoms with E-state index >= 15 is 0 Å². The first-order chi connectivity index (χ1) is 7.69. The maximum atomic E-state index is 5.79. The highest BCUT2D eigenvalue weighted by Crippen LogP contribution is 2.20. The molecule has 2 rings (SSSR count). The molecule has 16 heavy (non-hydrogen) atoms. The van der Waals surface area contributed by atoms with Crippen molar-refractivity contribution < 1.29 is 0 Å². The van der Waals surface area contributed by atoms with Gasteiger partial charge in [0.05, 0.1) is 17.3 Å². The molecule has 0 spiro atoms. The fourth-order valence-corrected chi connectivity index (χ4v) is 1.99. The number of hydrogen-bond donors (Lipinski definition) is 0. The van der Waals surface area contributed by atoms with Crippen LogP contribution in [0.3, 0.4) is 0 Å². The monoisotopic (exact) mass is 231 g/mol. The number of alkyl halides is 1. The second kappa shape index (κ2) is 4.67. The van der Waals surface area contributed by atoms with Crippen LogP contribution in [0.5, 0.6) is 0 Å². The minimum absolute atomic E-state index is 0.457. The molecule has 1 heterocycles. The van der Waals surface area contributed by atoms with Crippen LogP contribution in [0, 0.1) is 13.8 Å². The molecule has 0 aliphatic heterocycles. The highest BCUT2D eigenvalue weighted by atomic mass is 35.5. The van der Waals surface area contributed by atoms with Crippen molar-refractivity contribution in [2.45, 2.75) is 19.7 Å². The van der Waals surface area contributed by atoms with Crippen molar-refractivity contribution in [3.63, 3.8) is 0 Å². The number of pyridine rings is 1. The number of halogens is 1. The summed E-state index contributed by atoms with van der Waals surface area (Å²) in [7, 11) is 0. The van der Waals surface area contributed by atoms with Gasteiger partial charge in [-0.05, 0) is 38.1 Å². The van der Waals surface area contributed by atoms with E-state index in [-0.39, 0.29) is 0 Å². The fraction of sp³-hybridized carbons (Fsp3) is 0.214. The Morgan fingerprint density at radius 3 is 2.38 bits per heavy atom. The second-order valence-corrected chi connectivity index (χ2v) is 4.29. The topological polar surface area (TPSA) is 12.9 Å².